The molecule has 0 saturated heterocycles. The van der Waals surface area contributed by atoms with Crippen molar-refractivity contribution in [1.82, 2.24) is 14.8 Å². The Morgan fingerprint density at radius 2 is 2.13 bits per heavy atom. The molecule has 0 aliphatic heterocycles. The zero-order chi connectivity index (χ0) is 15.8. The van der Waals surface area contributed by atoms with Crippen LogP contribution in [0, 0.1) is 12.8 Å². The summed E-state index contributed by atoms with van der Waals surface area (Å²) in [5.41, 5.74) is 2.21. The quantitative estimate of drug-likeness (QED) is 0.800. The standard InChI is InChI=1S/C17H16N4OS/c1-11-7-8-23-15(11)13-9-14(13)16(22)19-17-20-18-10-21(17)12-5-3-2-4-6-12/h2-8,10,13-14H,9H2,1H3,(H,19,20,22)/t13-,14+/m0/s1. The molecule has 3 aromatic rings. The number of anilines is 1. The summed E-state index contributed by atoms with van der Waals surface area (Å²) in [7, 11) is 0. The van der Waals surface area contributed by atoms with Crippen LogP contribution in [0.5, 0.6) is 0 Å². The molecule has 2 aromatic heterocycles. The molecule has 5 nitrogen and oxygen atoms in total. The van der Waals surface area contributed by atoms with Gasteiger partial charge in [0.25, 0.3) is 0 Å². The highest BCUT2D eigenvalue weighted by atomic mass is 32.1. The average Bonchev–Trinajstić information content (AvgIpc) is 3.03. The van der Waals surface area contributed by atoms with Gasteiger partial charge in [-0.25, -0.2) is 0 Å². The smallest absolute Gasteiger partial charge is 0.235 e. The molecule has 1 aliphatic rings. The Morgan fingerprint density at radius 1 is 1.30 bits per heavy atom. The molecule has 6 heteroatoms. The summed E-state index contributed by atoms with van der Waals surface area (Å²) in [5.74, 6) is 0.874. The molecule has 1 amide bonds. The van der Waals surface area contributed by atoms with Gasteiger partial charge in [0.15, 0.2) is 0 Å². The summed E-state index contributed by atoms with van der Waals surface area (Å²) in [6.07, 6.45) is 2.52. The van der Waals surface area contributed by atoms with Crippen LogP contribution >= 0.6 is 11.3 Å². The van der Waals surface area contributed by atoms with Crippen LogP contribution in [0.3, 0.4) is 0 Å². The Morgan fingerprint density at radius 3 is 2.87 bits per heavy atom. The molecule has 0 unspecified atom stereocenters. The van der Waals surface area contributed by atoms with Crippen molar-refractivity contribution in [2.45, 2.75) is 19.3 Å². The topological polar surface area (TPSA) is 59.8 Å². The number of amides is 1. The van der Waals surface area contributed by atoms with E-state index in [1.807, 2.05) is 30.3 Å². The van der Waals surface area contributed by atoms with Gasteiger partial charge in [0.1, 0.15) is 6.33 Å². The number of nitrogens with zero attached hydrogens (tertiary/aromatic N) is 3. The number of rotatable bonds is 4. The van der Waals surface area contributed by atoms with Gasteiger partial charge in [-0.3, -0.25) is 14.7 Å². The van der Waals surface area contributed by atoms with Crippen LogP contribution in [0.15, 0.2) is 48.1 Å². The van der Waals surface area contributed by atoms with Crippen LogP contribution in [-0.4, -0.2) is 20.7 Å². The first-order valence-electron chi connectivity index (χ1n) is 7.54. The monoisotopic (exact) mass is 324 g/mol. The van der Waals surface area contributed by atoms with Gasteiger partial charge in [0, 0.05) is 16.7 Å². The first kappa shape index (κ1) is 14.1. The largest absolute Gasteiger partial charge is 0.294 e. The maximum atomic E-state index is 12.5. The van der Waals surface area contributed by atoms with Crippen molar-refractivity contribution in [2.24, 2.45) is 5.92 Å². The molecule has 2 atom stereocenters. The van der Waals surface area contributed by atoms with E-state index in [9.17, 15) is 4.79 Å². The Kier molecular flexibility index (Phi) is 3.46. The second-order valence-corrected chi connectivity index (χ2v) is 6.71. The molecule has 2 heterocycles. The van der Waals surface area contributed by atoms with Crippen molar-refractivity contribution in [1.29, 1.82) is 0 Å². The number of hydrogen-bond donors (Lipinski definition) is 1. The highest BCUT2D eigenvalue weighted by molar-refractivity contribution is 7.10. The lowest BCUT2D eigenvalue weighted by atomic mass is 10.2. The Labute approximate surface area is 138 Å². The molecular formula is C17H16N4OS. The minimum Gasteiger partial charge on any atom is -0.294 e. The fourth-order valence-corrected chi connectivity index (χ4v) is 3.95. The van der Waals surface area contributed by atoms with Gasteiger partial charge in [0.05, 0.1) is 5.69 Å². The van der Waals surface area contributed by atoms with Gasteiger partial charge in [-0.15, -0.1) is 21.5 Å². The van der Waals surface area contributed by atoms with Crippen LogP contribution in [0.1, 0.15) is 22.8 Å². The van der Waals surface area contributed by atoms with E-state index in [0.29, 0.717) is 11.9 Å². The number of carbonyl (C=O) groups is 1. The molecule has 0 bridgehead atoms. The van der Waals surface area contributed by atoms with E-state index >= 15 is 0 Å². The maximum Gasteiger partial charge on any atom is 0.235 e. The number of aryl methyl sites for hydroxylation is 1. The van der Waals surface area contributed by atoms with Crippen molar-refractivity contribution in [3.05, 3.63) is 58.5 Å². The van der Waals surface area contributed by atoms with Crippen LogP contribution in [0.4, 0.5) is 5.95 Å². The molecule has 4 rings (SSSR count). The third-order valence-corrected chi connectivity index (χ3v) is 5.33. The number of para-hydroxylation sites is 1. The SMILES string of the molecule is Cc1ccsc1[C@H]1C[C@H]1C(=O)Nc1nncn1-c1ccccc1. The van der Waals surface area contributed by atoms with Gasteiger partial charge in [-0.2, -0.15) is 0 Å². The third kappa shape index (κ3) is 2.66. The highest BCUT2D eigenvalue weighted by Gasteiger charge is 2.45. The average molecular weight is 324 g/mol. The predicted octanol–water partition coefficient (Wildman–Crippen LogP) is 3.38. The number of nitrogens with one attached hydrogen (secondary N) is 1. The van der Waals surface area contributed by atoms with E-state index in [2.05, 4.69) is 33.9 Å². The van der Waals surface area contributed by atoms with Gasteiger partial charge in [-0.05, 0) is 42.5 Å². The zero-order valence-electron chi connectivity index (χ0n) is 12.6. The van der Waals surface area contributed by atoms with Gasteiger partial charge < -0.3 is 0 Å². The number of thiophene rings is 1. The highest BCUT2D eigenvalue weighted by Crippen LogP contribution is 2.50. The van der Waals surface area contributed by atoms with Crippen molar-refractivity contribution >= 4 is 23.2 Å². The number of aromatic nitrogens is 3. The minimum atomic E-state index is 0.0213. The van der Waals surface area contributed by atoms with Gasteiger partial charge >= 0.3 is 0 Å². The summed E-state index contributed by atoms with van der Waals surface area (Å²) in [4.78, 5) is 13.8. The summed E-state index contributed by atoms with van der Waals surface area (Å²) in [6.45, 7) is 2.10. The third-order valence-electron chi connectivity index (χ3n) is 4.18. The first-order valence-corrected chi connectivity index (χ1v) is 8.42. The van der Waals surface area contributed by atoms with Crippen molar-refractivity contribution in [3.8, 4) is 5.69 Å². The summed E-state index contributed by atoms with van der Waals surface area (Å²) in [5, 5.41) is 13.0. The van der Waals surface area contributed by atoms with Crippen molar-refractivity contribution in [2.75, 3.05) is 5.32 Å². The molecule has 1 saturated carbocycles. The Balaban J connectivity index is 1.49. The second kappa shape index (κ2) is 5.62. The van der Waals surface area contributed by atoms with E-state index in [-0.39, 0.29) is 11.8 Å². The Bertz CT molecular complexity index is 839. The lowest BCUT2D eigenvalue weighted by Crippen LogP contribution is -2.17. The molecule has 1 aromatic carbocycles. The number of benzene rings is 1. The minimum absolute atomic E-state index is 0.0213. The van der Waals surface area contributed by atoms with Crippen LogP contribution in [0.25, 0.3) is 5.69 Å². The van der Waals surface area contributed by atoms with Gasteiger partial charge in [-0.1, -0.05) is 18.2 Å². The molecule has 0 spiro atoms. The van der Waals surface area contributed by atoms with Crippen molar-refractivity contribution < 1.29 is 4.79 Å². The number of carbonyl (C=O) groups excluding carboxylic acids is 1. The van der Waals surface area contributed by atoms with Crippen molar-refractivity contribution in [3.63, 3.8) is 0 Å². The summed E-state index contributed by atoms with van der Waals surface area (Å²) in [6, 6.07) is 11.8. The van der Waals surface area contributed by atoms with Crippen LogP contribution < -0.4 is 5.32 Å². The Hall–Kier alpha value is -2.47. The molecular weight excluding hydrogens is 308 g/mol. The summed E-state index contributed by atoms with van der Waals surface area (Å²) >= 11 is 1.74. The zero-order valence-corrected chi connectivity index (χ0v) is 13.5. The van der Waals surface area contributed by atoms with E-state index in [0.717, 1.165) is 12.1 Å². The number of hydrogen-bond acceptors (Lipinski definition) is 4. The fourth-order valence-electron chi connectivity index (χ4n) is 2.84. The molecule has 0 radical (unpaired) electrons. The van der Waals surface area contributed by atoms with E-state index in [1.54, 1.807) is 22.2 Å². The van der Waals surface area contributed by atoms with Crippen LogP contribution in [-0.2, 0) is 4.79 Å². The molecule has 116 valence electrons. The predicted molar refractivity (Wildman–Crippen MR) is 89.9 cm³/mol. The fraction of sp³-hybridized carbons (Fsp3) is 0.235. The second-order valence-electron chi connectivity index (χ2n) is 5.77. The maximum absolute atomic E-state index is 12.5. The molecule has 1 fully saturated rings. The molecule has 23 heavy (non-hydrogen) atoms. The molecule has 1 aliphatic carbocycles. The lowest BCUT2D eigenvalue weighted by molar-refractivity contribution is -0.117. The van der Waals surface area contributed by atoms with E-state index < -0.39 is 0 Å². The van der Waals surface area contributed by atoms with Crippen LogP contribution in [0.2, 0.25) is 0 Å². The first-order chi connectivity index (χ1) is 11.2. The van der Waals surface area contributed by atoms with E-state index in [4.69, 9.17) is 0 Å². The molecule has 1 N–H and O–H groups in total. The van der Waals surface area contributed by atoms with E-state index in [1.165, 1.54) is 10.4 Å². The normalized spacial score (nSPS) is 19.5. The lowest BCUT2D eigenvalue weighted by Gasteiger charge is -2.07. The summed E-state index contributed by atoms with van der Waals surface area (Å²) < 4.78 is 1.78. The van der Waals surface area contributed by atoms with Gasteiger partial charge in [0.2, 0.25) is 11.9 Å².